The van der Waals surface area contributed by atoms with Crippen LogP contribution in [0.1, 0.15) is 71.6 Å². The Hall–Kier alpha value is -4.79. The average molecular weight is 707 g/mol. The molecule has 1 aliphatic heterocycles. The highest BCUT2D eigenvalue weighted by Crippen LogP contribution is 2.32. The van der Waals surface area contributed by atoms with E-state index in [1.165, 1.54) is 45.0 Å². The fourth-order valence-electron chi connectivity index (χ4n) is 5.70. The molecule has 1 aromatic heterocycles. The van der Waals surface area contributed by atoms with Crippen LogP contribution in [0.5, 0.6) is 0 Å². The molecule has 1 fully saturated rings. The Morgan fingerprint density at radius 1 is 0.980 bits per heavy atom. The third kappa shape index (κ3) is 10.6. The number of carbonyl (C=O) groups excluding carboxylic acids is 4. The second-order valence-corrected chi connectivity index (χ2v) is 14.2. The van der Waals surface area contributed by atoms with Crippen LogP contribution in [0.25, 0.3) is 0 Å². The molecule has 4 rings (SSSR count). The maximum absolute atomic E-state index is 14.2. The lowest BCUT2D eigenvalue weighted by molar-refractivity contribution is -0.209. The molecule has 2 heterocycles. The molecule has 1 aliphatic rings. The molecule has 0 bridgehead atoms. The van der Waals surface area contributed by atoms with Gasteiger partial charge in [0.15, 0.2) is 11.8 Å². The summed E-state index contributed by atoms with van der Waals surface area (Å²) >= 11 is 0. The summed E-state index contributed by atoms with van der Waals surface area (Å²) in [5, 5.41) is 23.4. The van der Waals surface area contributed by atoms with Crippen molar-refractivity contribution < 1.29 is 38.5 Å². The Labute approximate surface area is 298 Å². The molecule has 51 heavy (non-hydrogen) atoms. The number of methoxy groups -OCH3 is 1. The summed E-state index contributed by atoms with van der Waals surface area (Å²) in [6, 6.07) is 15.8. The zero-order valence-corrected chi connectivity index (χ0v) is 30.3. The predicted molar refractivity (Wildman–Crippen MR) is 189 cm³/mol. The number of rotatable bonds is 14. The molecule has 1 unspecified atom stereocenters. The smallest absolute Gasteiger partial charge is 0.408 e. The van der Waals surface area contributed by atoms with Crippen LogP contribution in [-0.4, -0.2) is 92.9 Å². The van der Waals surface area contributed by atoms with Gasteiger partial charge in [0.25, 0.3) is 5.91 Å². The van der Waals surface area contributed by atoms with E-state index in [1.54, 1.807) is 25.7 Å². The number of anilines is 1. The van der Waals surface area contributed by atoms with Crippen LogP contribution >= 0.6 is 0 Å². The van der Waals surface area contributed by atoms with Crippen molar-refractivity contribution in [1.29, 1.82) is 0 Å². The Morgan fingerprint density at radius 3 is 2.25 bits per heavy atom. The third-order valence-corrected chi connectivity index (χ3v) is 8.45. The van der Waals surface area contributed by atoms with Crippen LogP contribution in [0.4, 0.5) is 10.5 Å². The van der Waals surface area contributed by atoms with Gasteiger partial charge in [0.1, 0.15) is 17.2 Å². The molecule has 14 nitrogen and oxygen atoms in total. The molecular weight excluding hydrogens is 656 g/mol. The number of hydrogen-bond acceptors (Lipinski definition) is 9. The van der Waals surface area contributed by atoms with Gasteiger partial charge in [-0.2, -0.15) is 5.10 Å². The summed E-state index contributed by atoms with van der Waals surface area (Å²) in [5.74, 6) is -3.09. The van der Waals surface area contributed by atoms with Crippen molar-refractivity contribution in [3.8, 4) is 0 Å². The highest BCUT2D eigenvalue weighted by atomic mass is 16.6. The second-order valence-electron chi connectivity index (χ2n) is 14.2. The predicted octanol–water partition coefficient (Wildman–Crippen LogP) is 3.76. The highest BCUT2D eigenvalue weighted by molar-refractivity contribution is 5.99. The molecule has 1 saturated heterocycles. The molecule has 0 saturated carbocycles. The van der Waals surface area contributed by atoms with E-state index in [1.807, 2.05) is 60.7 Å². The molecule has 4 atom stereocenters. The van der Waals surface area contributed by atoms with Crippen molar-refractivity contribution in [2.75, 3.05) is 25.6 Å². The Kier molecular flexibility index (Phi) is 12.6. The summed E-state index contributed by atoms with van der Waals surface area (Å²) in [6.45, 7) is 10.1. The standard InChI is InChI=1S/C37H50N6O8/c1-35(2,3)51-34(47)41-36(4,5)33(46)40-28(24-50-23-25-15-10-8-11-16-25)31(44)39-27-21-38-43(22-27)30(26-17-12-9-13-18-26)32(45)42-20-14-19-29(42)37(6,48)49-7/h8-13,15-18,21-22,28-30,48H,14,19-20,23-24H2,1-7H3,(H,39,44)(H,40,46)(H,41,47)/t28-,29+,30?,37+/m1/s1. The number of hydrogen-bond donors (Lipinski definition) is 4. The van der Waals surface area contributed by atoms with Gasteiger partial charge in [-0.1, -0.05) is 60.7 Å². The molecule has 0 spiro atoms. The van der Waals surface area contributed by atoms with Crippen LogP contribution in [0, 0.1) is 0 Å². The average Bonchev–Trinajstić information content (AvgIpc) is 3.75. The van der Waals surface area contributed by atoms with Crippen molar-refractivity contribution in [2.24, 2.45) is 0 Å². The first-order valence-electron chi connectivity index (χ1n) is 16.9. The van der Waals surface area contributed by atoms with E-state index in [0.717, 1.165) is 5.56 Å². The largest absolute Gasteiger partial charge is 0.444 e. The molecule has 0 radical (unpaired) electrons. The van der Waals surface area contributed by atoms with E-state index in [9.17, 15) is 24.3 Å². The van der Waals surface area contributed by atoms with E-state index in [0.29, 0.717) is 24.9 Å². The monoisotopic (exact) mass is 706 g/mol. The molecular formula is C37H50N6O8. The molecule has 14 heteroatoms. The fourth-order valence-corrected chi connectivity index (χ4v) is 5.70. The zero-order chi connectivity index (χ0) is 37.4. The normalized spacial score (nSPS) is 17.2. The van der Waals surface area contributed by atoms with Gasteiger partial charge in [0, 0.05) is 19.9 Å². The van der Waals surface area contributed by atoms with E-state index in [-0.39, 0.29) is 24.8 Å². The summed E-state index contributed by atoms with van der Waals surface area (Å²) in [7, 11) is 1.40. The number of benzene rings is 2. The number of nitrogens with zero attached hydrogens (tertiary/aromatic N) is 3. The molecule has 4 N–H and O–H groups in total. The number of ether oxygens (including phenoxy) is 3. The van der Waals surface area contributed by atoms with Crippen LogP contribution < -0.4 is 16.0 Å². The number of carbonyl (C=O) groups is 4. The first kappa shape index (κ1) is 39.0. The Balaban J connectivity index is 1.54. The SMILES string of the molecule is CO[C@](C)(O)[C@@H]1CCCN1C(=O)C(c1ccccc1)n1cc(NC(=O)[C@@H](COCc2ccccc2)NC(=O)C(C)(C)NC(=O)OC(C)(C)C)cn1. The van der Waals surface area contributed by atoms with Gasteiger partial charge in [-0.05, 0) is 65.5 Å². The van der Waals surface area contributed by atoms with Crippen LogP contribution in [0.15, 0.2) is 73.1 Å². The minimum absolute atomic E-state index is 0.187. The maximum Gasteiger partial charge on any atom is 0.408 e. The van der Waals surface area contributed by atoms with Crippen molar-refractivity contribution in [3.63, 3.8) is 0 Å². The van der Waals surface area contributed by atoms with Crippen LogP contribution in [0.2, 0.25) is 0 Å². The lowest BCUT2D eigenvalue weighted by Crippen LogP contribution is -2.59. The highest BCUT2D eigenvalue weighted by Gasteiger charge is 2.44. The number of alkyl carbamates (subject to hydrolysis) is 1. The van der Waals surface area contributed by atoms with E-state index >= 15 is 0 Å². The molecule has 0 aliphatic carbocycles. The lowest BCUT2D eigenvalue weighted by Gasteiger charge is -2.36. The number of nitrogens with one attached hydrogen (secondary N) is 3. The summed E-state index contributed by atoms with van der Waals surface area (Å²) in [5.41, 5.74) is -0.428. The Bertz CT molecular complexity index is 1640. The molecule has 3 aromatic rings. The summed E-state index contributed by atoms with van der Waals surface area (Å²) in [6.07, 6.45) is 3.42. The fraction of sp³-hybridized carbons (Fsp3) is 0.486. The van der Waals surface area contributed by atoms with Gasteiger partial charge >= 0.3 is 6.09 Å². The van der Waals surface area contributed by atoms with Gasteiger partial charge in [-0.25, -0.2) is 4.79 Å². The molecule has 4 amide bonds. The quantitative estimate of drug-likeness (QED) is 0.182. The topological polar surface area (TPSA) is 173 Å². The van der Waals surface area contributed by atoms with Gasteiger partial charge in [0.2, 0.25) is 11.8 Å². The number of likely N-dealkylation sites (tertiary alicyclic amines) is 1. The molecule has 276 valence electrons. The van der Waals surface area contributed by atoms with Crippen LogP contribution in [0.3, 0.4) is 0 Å². The summed E-state index contributed by atoms with van der Waals surface area (Å²) < 4.78 is 17.9. The van der Waals surface area contributed by atoms with E-state index < -0.39 is 53.0 Å². The number of aliphatic hydroxyl groups is 1. The minimum Gasteiger partial charge on any atom is -0.444 e. The van der Waals surface area contributed by atoms with E-state index in [4.69, 9.17) is 14.2 Å². The van der Waals surface area contributed by atoms with Gasteiger partial charge < -0.3 is 40.2 Å². The third-order valence-electron chi connectivity index (χ3n) is 8.45. The van der Waals surface area contributed by atoms with Gasteiger partial charge in [-0.3, -0.25) is 19.1 Å². The van der Waals surface area contributed by atoms with Crippen LogP contribution in [-0.2, 0) is 35.2 Å². The van der Waals surface area contributed by atoms with Crippen molar-refractivity contribution >= 4 is 29.5 Å². The maximum atomic E-state index is 14.2. The van der Waals surface area contributed by atoms with Crippen molar-refractivity contribution in [2.45, 2.75) is 96.0 Å². The van der Waals surface area contributed by atoms with Gasteiger partial charge in [0.05, 0.1) is 31.1 Å². The lowest BCUT2D eigenvalue weighted by atomic mass is 10.0. The van der Waals surface area contributed by atoms with Crippen molar-refractivity contribution in [3.05, 3.63) is 84.2 Å². The summed E-state index contributed by atoms with van der Waals surface area (Å²) in [4.78, 5) is 55.4. The minimum atomic E-state index is -1.55. The zero-order valence-electron chi connectivity index (χ0n) is 30.3. The van der Waals surface area contributed by atoms with Crippen molar-refractivity contribution in [1.82, 2.24) is 25.3 Å². The molecule has 2 aromatic carbocycles. The number of aromatic nitrogens is 2. The van der Waals surface area contributed by atoms with Gasteiger partial charge in [-0.15, -0.1) is 0 Å². The second kappa shape index (κ2) is 16.5. The first-order valence-corrected chi connectivity index (χ1v) is 16.9. The first-order chi connectivity index (χ1) is 24.0. The van der Waals surface area contributed by atoms with E-state index in [2.05, 4.69) is 21.0 Å². The number of amides is 4. The Morgan fingerprint density at radius 2 is 1.63 bits per heavy atom.